The Hall–Kier alpha value is -0.830. The van der Waals surface area contributed by atoms with Crippen molar-refractivity contribution in [2.45, 2.75) is 51.6 Å². The fraction of sp³-hybridized carbons (Fsp3) is 0.769. The Morgan fingerprint density at radius 3 is 2.56 bits per heavy atom. The highest BCUT2D eigenvalue weighted by Crippen LogP contribution is 2.44. The van der Waals surface area contributed by atoms with Crippen molar-refractivity contribution >= 4 is 0 Å². The zero-order chi connectivity index (χ0) is 11.0. The second-order valence-electron chi connectivity index (χ2n) is 5.16. The maximum Gasteiger partial charge on any atom is 0.208 e. The van der Waals surface area contributed by atoms with Crippen LogP contribution >= 0.6 is 0 Å². The van der Waals surface area contributed by atoms with Crippen LogP contribution in [-0.4, -0.2) is 11.0 Å². The Morgan fingerprint density at radius 2 is 2.06 bits per heavy atom. The summed E-state index contributed by atoms with van der Waals surface area (Å²) in [6.45, 7) is 2.90. The molecule has 1 N–H and O–H groups in total. The van der Waals surface area contributed by atoms with Gasteiger partial charge in [-0.2, -0.15) is 0 Å². The minimum atomic E-state index is 0.733. The first-order chi connectivity index (χ1) is 7.86. The van der Waals surface area contributed by atoms with Gasteiger partial charge < -0.3 is 9.73 Å². The van der Waals surface area contributed by atoms with Gasteiger partial charge >= 0.3 is 0 Å². The first-order valence-corrected chi connectivity index (χ1v) is 6.53. The van der Waals surface area contributed by atoms with E-state index in [1.165, 1.54) is 25.7 Å². The number of nitrogens with one attached hydrogen (secondary N) is 1. The molecular weight excluding hydrogens is 200 g/mol. The predicted molar refractivity (Wildman–Crippen MR) is 62.0 cm³/mol. The maximum absolute atomic E-state index is 5.61. The van der Waals surface area contributed by atoms with Crippen molar-refractivity contribution in [1.29, 1.82) is 0 Å². The van der Waals surface area contributed by atoms with Crippen molar-refractivity contribution in [1.82, 2.24) is 10.3 Å². The highest BCUT2D eigenvalue weighted by Gasteiger charge is 2.41. The van der Waals surface area contributed by atoms with Crippen molar-refractivity contribution in [2.24, 2.45) is 11.8 Å². The molecule has 0 atom stereocenters. The van der Waals surface area contributed by atoms with E-state index in [2.05, 4.69) is 17.2 Å². The summed E-state index contributed by atoms with van der Waals surface area (Å²) in [5.74, 6) is 3.72. The number of nitrogens with zero attached hydrogens (tertiary/aromatic N) is 1. The van der Waals surface area contributed by atoms with E-state index in [1.807, 2.05) is 6.20 Å². The van der Waals surface area contributed by atoms with Gasteiger partial charge in [-0.05, 0) is 37.5 Å². The molecule has 0 spiro atoms. The van der Waals surface area contributed by atoms with Gasteiger partial charge in [0.1, 0.15) is 5.76 Å². The molecule has 3 rings (SSSR count). The van der Waals surface area contributed by atoms with Crippen LogP contribution in [0.4, 0.5) is 0 Å². The molecule has 1 aromatic rings. The Morgan fingerprint density at radius 1 is 1.38 bits per heavy atom. The van der Waals surface area contributed by atoms with E-state index in [-0.39, 0.29) is 0 Å². The van der Waals surface area contributed by atoms with Gasteiger partial charge in [-0.25, -0.2) is 4.98 Å². The van der Waals surface area contributed by atoms with Gasteiger partial charge in [0.05, 0.1) is 12.7 Å². The van der Waals surface area contributed by atoms with E-state index < -0.39 is 0 Å². The predicted octanol–water partition coefficient (Wildman–Crippen LogP) is 2.52. The fourth-order valence-corrected chi connectivity index (χ4v) is 2.43. The van der Waals surface area contributed by atoms with Gasteiger partial charge in [0.15, 0.2) is 0 Å². The zero-order valence-corrected chi connectivity index (χ0v) is 9.91. The van der Waals surface area contributed by atoms with Crippen LogP contribution in [0.1, 0.15) is 44.3 Å². The highest BCUT2D eigenvalue weighted by atomic mass is 16.4. The number of aromatic nitrogens is 1. The van der Waals surface area contributed by atoms with Crippen LogP contribution in [-0.2, 0) is 13.0 Å². The second-order valence-corrected chi connectivity index (χ2v) is 5.16. The van der Waals surface area contributed by atoms with Crippen molar-refractivity contribution in [3.05, 3.63) is 17.8 Å². The third-order valence-corrected chi connectivity index (χ3v) is 3.70. The van der Waals surface area contributed by atoms with Gasteiger partial charge in [0.2, 0.25) is 5.89 Å². The van der Waals surface area contributed by atoms with E-state index >= 15 is 0 Å². The van der Waals surface area contributed by atoms with Gasteiger partial charge in [0.25, 0.3) is 0 Å². The van der Waals surface area contributed by atoms with Crippen LogP contribution in [0.2, 0.25) is 0 Å². The molecule has 0 aromatic carbocycles. The lowest BCUT2D eigenvalue weighted by atomic mass is 10.1. The monoisotopic (exact) mass is 220 g/mol. The molecule has 3 heteroatoms. The molecule has 88 valence electrons. The number of oxazole rings is 1. The molecule has 0 bridgehead atoms. The Balaban J connectivity index is 1.53. The molecule has 2 saturated carbocycles. The standard InChI is InChI=1S/C13H20N2O/c1-2-11-7-14-12(16-11)8-15-13(9-3-4-9)10-5-6-10/h7,9-10,13,15H,2-6,8H2,1H3. The average molecular weight is 220 g/mol. The topological polar surface area (TPSA) is 38.1 Å². The first kappa shape index (κ1) is 10.3. The van der Waals surface area contributed by atoms with E-state index in [4.69, 9.17) is 4.42 Å². The Bertz CT molecular complexity index is 341. The lowest BCUT2D eigenvalue weighted by molar-refractivity contribution is 0.373. The molecule has 3 nitrogen and oxygen atoms in total. The number of hydrogen-bond acceptors (Lipinski definition) is 3. The Kier molecular flexibility index (Phi) is 2.72. The quantitative estimate of drug-likeness (QED) is 0.800. The van der Waals surface area contributed by atoms with Gasteiger partial charge in [-0.3, -0.25) is 0 Å². The lowest BCUT2D eigenvalue weighted by Gasteiger charge is -2.16. The molecule has 16 heavy (non-hydrogen) atoms. The minimum Gasteiger partial charge on any atom is -0.444 e. The maximum atomic E-state index is 5.61. The summed E-state index contributed by atoms with van der Waals surface area (Å²) in [6.07, 6.45) is 8.45. The minimum absolute atomic E-state index is 0.733. The van der Waals surface area contributed by atoms with Crippen LogP contribution in [0.3, 0.4) is 0 Å². The summed E-state index contributed by atoms with van der Waals surface area (Å²) >= 11 is 0. The van der Waals surface area contributed by atoms with Crippen molar-refractivity contribution in [3.8, 4) is 0 Å². The molecule has 0 aliphatic heterocycles. The van der Waals surface area contributed by atoms with E-state index in [9.17, 15) is 0 Å². The lowest BCUT2D eigenvalue weighted by Crippen LogP contribution is -2.32. The molecule has 0 radical (unpaired) electrons. The summed E-state index contributed by atoms with van der Waals surface area (Å²) in [4.78, 5) is 4.29. The summed E-state index contributed by atoms with van der Waals surface area (Å²) in [5, 5.41) is 3.64. The molecule has 0 amide bonds. The third-order valence-electron chi connectivity index (χ3n) is 3.70. The average Bonchev–Trinajstić information content (AvgIpc) is 3.20. The van der Waals surface area contributed by atoms with Crippen LogP contribution in [0.5, 0.6) is 0 Å². The summed E-state index contributed by atoms with van der Waals surface area (Å²) < 4.78 is 5.61. The SMILES string of the molecule is CCc1cnc(CNC(C2CC2)C2CC2)o1. The number of aryl methyl sites for hydroxylation is 1. The zero-order valence-electron chi connectivity index (χ0n) is 9.91. The van der Waals surface area contributed by atoms with Crippen LogP contribution < -0.4 is 5.32 Å². The van der Waals surface area contributed by atoms with Crippen LogP contribution in [0, 0.1) is 11.8 Å². The molecule has 1 aromatic heterocycles. The molecule has 2 aliphatic carbocycles. The van der Waals surface area contributed by atoms with E-state index in [0.29, 0.717) is 0 Å². The largest absolute Gasteiger partial charge is 0.444 e. The van der Waals surface area contributed by atoms with Crippen molar-refractivity contribution in [2.75, 3.05) is 0 Å². The van der Waals surface area contributed by atoms with Crippen molar-refractivity contribution in [3.63, 3.8) is 0 Å². The molecule has 2 aliphatic rings. The molecule has 1 heterocycles. The van der Waals surface area contributed by atoms with Crippen LogP contribution in [0.15, 0.2) is 10.6 Å². The normalized spacial score (nSPS) is 20.6. The molecular formula is C13H20N2O. The van der Waals surface area contributed by atoms with Crippen molar-refractivity contribution < 1.29 is 4.42 Å². The number of hydrogen-bond donors (Lipinski definition) is 1. The van der Waals surface area contributed by atoms with Gasteiger partial charge in [-0.1, -0.05) is 6.92 Å². The second kappa shape index (κ2) is 4.21. The molecule has 0 saturated heterocycles. The molecule has 0 unspecified atom stereocenters. The van der Waals surface area contributed by atoms with E-state index in [0.717, 1.165) is 42.5 Å². The van der Waals surface area contributed by atoms with Gasteiger partial charge in [0, 0.05) is 12.5 Å². The van der Waals surface area contributed by atoms with Crippen LogP contribution in [0.25, 0.3) is 0 Å². The third kappa shape index (κ3) is 2.29. The smallest absolute Gasteiger partial charge is 0.208 e. The Labute approximate surface area is 96.6 Å². The summed E-state index contributed by atoms with van der Waals surface area (Å²) in [7, 11) is 0. The summed E-state index contributed by atoms with van der Waals surface area (Å²) in [5.41, 5.74) is 0. The van der Waals surface area contributed by atoms with Gasteiger partial charge in [-0.15, -0.1) is 0 Å². The molecule has 2 fully saturated rings. The number of rotatable bonds is 6. The van der Waals surface area contributed by atoms with E-state index in [1.54, 1.807) is 0 Å². The summed E-state index contributed by atoms with van der Waals surface area (Å²) in [6, 6.07) is 0.733. The highest BCUT2D eigenvalue weighted by molar-refractivity contribution is 4.98. The fourth-order valence-electron chi connectivity index (χ4n) is 2.43. The first-order valence-electron chi connectivity index (χ1n) is 6.53.